The molecule has 0 radical (unpaired) electrons. The smallest absolute Gasteiger partial charge is 0.301 e. The van der Waals surface area contributed by atoms with Crippen molar-refractivity contribution < 1.29 is 23.8 Å². The van der Waals surface area contributed by atoms with Gasteiger partial charge in [0.2, 0.25) is 0 Å². The molecule has 2 atom stereocenters. The number of ketones is 1. The lowest BCUT2D eigenvalue weighted by Gasteiger charge is -2.23. The van der Waals surface area contributed by atoms with Crippen molar-refractivity contribution >= 4 is 55.7 Å². The van der Waals surface area contributed by atoms with E-state index in [2.05, 4.69) is 4.98 Å². The number of amides is 1. The molecule has 1 amide bonds. The number of benzene rings is 3. The summed E-state index contributed by atoms with van der Waals surface area (Å²) in [5.74, 6) is -1.71. The molecule has 3 aromatic carbocycles. The van der Waals surface area contributed by atoms with Crippen LogP contribution in [0.4, 0.5) is 9.52 Å². The molecule has 180 valence electrons. The number of aliphatic hydroxyl groups is 1. The van der Waals surface area contributed by atoms with E-state index >= 15 is 0 Å². The van der Waals surface area contributed by atoms with Crippen LogP contribution in [0.15, 0.2) is 66.2 Å². The lowest BCUT2D eigenvalue weighted by molar-refractivity contribution is -0.132. The third kappa shape index (κ3) is 3.65. The van der Waals surface area contributed by atoms with Gasteiger partial charge in [-0.15, -0.1) is 0 Å². The van der Waals surface area contributed by atoms with Crippen molar-refractivity contribution in [2.75, 3.05) is 4.90 Å². The Morgan fingerprint density at radius 2 is 1.92 bits per heavy atom. The van der Waals surface area contributed by atoms with E-state index in [0.717, 1.165) is 16.0 Å². The molecule has 1 N–H and O–H groups in total. The van der Waals surface area contributed by atoms with E-state index in [0.29, 0.717) is 28.1 Å². The molecule has 3 heterocycles. The highest BCUT2D eigenvalue weighted by Gasteiger charge is 2.48. The SMILES string of the molecule is C[C@@H]1Cc2cc(C(O)=C3C(=O)C(=O)N(c4nc5ccc(Cl)cc5s4)[C@@H]3c3ccc(F)cc3)ccc2O1. The maximum atomic E-state index is 13.8. The molecule has 0 spiro atoms. The molecule has 4 aromatic rings. The first kappa shape index (κ1) is 22.7. The van der Waals surface area contributed by atoms with Crippen molar-refractivity contribution in [3.63, 3.8) is 0 Å². The summed E-state index contributed by atoms with van der Waals surface area (Å²) >= 11 is 7.32. The topological polar surface area (TPSA) is 79.7 Å². The summed E-state index contributed by atoms with van der Waals surface area (Å²) in [7, 11) is 0. The minimum atomic E-state index is -0.995. The number of carbonyl (C=O) groups is 2. The monoisotopic (exact) mass is 520 g/mol. The molecule has 2 aliphatic rings. The molecular weight excluding hydrogens is 503 g/mol. The van der Waals surface area contributed by atoms with Crippen LogP contribution in [0.25, 0.3) is 16.0 Å². The number of anilines is 1. The number of carbonyl (C=O) groups excluding carboxylic acids is 2. The summed E-state index contributed by atoms with van der Waals surface area (Å²) in [6.07, 6.45) is 0.676. The van der Waals surface area contributed by atoms with Gasteiger partial charge in [0.25, 0.3) is 5.78 Å². The molecule has 0 unspecified atom stereocenters. The van der Waals surface area contributed by atoms with Crippen LogP contribution in [-0.4, -0.2) is 27.9 Å². The fourth-order valence-electron chi connectivity index (χ4n) is 4.70. The number of hydrogen-bond donors (Lipinski definition) is 1. The average molecular weight is 521 g/mol. The summed E-state index contributed by atoms with van der Waals surface area (Å²) in [6.45, 7) is 1.95. The third-order valence-corrected chi connectivity index (χ3v) is 7.60. The van der Waals surface area contributed by atoms with Gasteiger partial charge >= 0.3 is 5.91 Å². The van der Waals surface area contributed by atoms with E-state index in [1.807, 2.05) is 6.92 Å². The number of fused-ring (bicyclic) bond motifs is 2. The Morgan fingerprint density at radius 1 is 1.14 bits per heavy atom. The Hall–Kier alpha value is -3.75. The summed E-state index contributed by atoms with van der Waals surface area (Å²) < 4.78 is 20.2. The van der Waals surface area contributed by atoms with Crippen LogP contribution in [0.3, 0.4) is 0 Å². The molecule has 0 aliphatic carbocycles. The van der Waals surface area contributed by atoms with Gasteiger partial charge < -0.3 is 9.84 Å². The van der Waals surface area contributed by atoms with Crippen molar-refractivity contribution in [3.05, 3.63) is 93.8 Å². The molecule has 1 fully saturated rings. The quantitative estimate of drug-likeness (QED) is 0.202. The molecule has 2 aliphatic heterocycles. The van der Waals surface area contributed by atoms with Gasteiger partial charge in [0.15, 0.2) is 5.13 Å². The van der Waals surface area contributed by atoms with Crippen LogP contribution in [0.5, 0.6) is 5.75 Å². The summed E-state index contributed by atoms with van der Waals surface area (Å²) in [5, 5.41) is 12.2. The van der Waals surface area contributed by atoms with Gasteiger partial charge in [-0.2, -0.15) is 0 Å². The van der Waals surface area contributed by atoms with E-state index in [9.17, 15) is 19.1 Å². The van der Waals surface area contributed by atoms with Crippen LogP contribution in [-0.2, 0) is 16.0 Å². The zero-order valence-electron chi connectivity index (χ0n) is 18.9. The highest BCUT2D eigenvalue weighted by Crippen LogP contribution is 2.45. The molecule has 6 nitrogen and oxygen atoms in total. The van der Waals surface area contributed by atoms with E-state index < -0.39 is 23.5 Å². The van der Waals surface area contributed by atoms with Gasteiger partial charge in [0, 0.05) is 17.0 Å². The molecular formula is C27H18ClFN2O4S. The number of halogens is 2. The average Bonchev–Trinajstić information content (AvgIpc) is 3.51. The Labute approximate surface area is 214 Å². The first-order valence-corrected chi connectivity index (χ1v) is 12.4. The number of ether oxygens (including phenoxy) is 1. The second-order valence-electron chi connectivity index (χ2n) is 8.78. The summed E-state index contributed by atoms with van der Waals surface area (Å²) in [5.41, 5.74) is 2.30. The number of aromatic nitrogens is 1. The van der Waals surface area contributed by atoms with Gasteiger partial charge in [0.05, 0.1) is 21.8 Å². The molecule has 6 rings (SSSR count). The van der Waals surface area contributed by atoms with Crippen LogP contribution < -0.4 is 9.64 Å². The van der Waals surface area contributed by atoms with Crippen LogP contribution in [0.1, 0.15) is 29.7 Å². The number of Topliss-reactive ketones (excluding diaryl/α,β-unsaturated/α-hetero) is 1. The van der Waals surface area contributed by atoms with Gasteiger partial charge in [0.1, 0.15) is 23.4 Å². The Kier molecular flexibility index (Phi) is 5.31. The van der Waals surface area contributed by atoms with E-state index in [1.54, 1.807) is 36.4 Å². The second kappa shape index (κ2) is 8.43. The minimum absolute atomic E-state index is 0.00901. The third-order valence-electron chi connectivity index (χ3n) is 6.34. The highest BCUT2D eigenvalue weighted by atomic mass is 35.5. The van der Waals surface area contributed by atoms with Gasteiger partial charge in [-0.25, -0.2) is 9.37 Å². The highest BCUT2D eigenvalue weighted by molar-refractivity contribution is 7.22. The number of rotatable bonds is 3. The first-order chi connectivity index (χ1) is 17.3. The second-order valence-corrected chi connectivity index (χ2v) is 10.2. The Morgan fingerprint density at radius 3 is 2.69 bits per heavy atom. The Bertz CT molecular complexity index is 1600. The zero-order chi connectivity index (χ0) is 25.1. The maximum Gasteiger partial charge on any atom is 0.301 e. The molecule has 0 saturated carbocycles. The van der Waals surface area contributed by atoms with E-state index in [4.69, 9.17) is 16.3 Å². The molecule has 1 saturated heterocycles. The van der Waals surface area contributed by atoms with Gasteiger partial charge in [-0.1, -0.05) is 35.1 Å². The fourth-order valence-corrected chi connectivity index (χ4v) is 5.97. The minimum Gasteiger partial charge on any atom is -0.507 e. The van der Waals surface area contributed by atoms with Crippen molar-refractivity contribution in [2.45, 2.75) is 25.5 Å². The summed E-state index contributed by atoms with van der Waals surface area (Å²) in [4.78, 5) is 32.5. The molecule has 0 bridgehead atoms. The van der Waals surface area contributed by atoms with Crippen molar-refractivity contribution in [1.29, 1.82) is 0 Å². The van der Waals surface area contributed by atoms with Crippen molar-refractivity contribution in [2.24, 2.45) is 0 Å². The lowest BCUT2D eigenvalue weighted by Crippen LogP contribution is -2.29. The van der Waals surface area contributed by atoms with Crippen LogP contribution >= 0.6 is 22.9 Å². The number of aliphatic hydroxyl groups excluding tert-OH is 1. The van der Waals surface area contributed by atoms with Crippen LogP contribution in [0.2, 0.25) is 5.02 Å². The first-order valence-electron chi connectivity index (χ1n) is 11.2. The number of hydrogen-bond acceptors (Lipinski definition) is 6. The number of thiazole rings is 1. The predicted octanol–water partition coefficient (Wildman–Crippen LogP) is 6.04. The van der Waals surface area contributed by atoms with E-state index in [1.165, 1.54) is 40.5 Å². The van der Waals surface area contributed by atoms with Crippen LogP contribution in [0, 0.1) is 5.82 Å². The standard InChI is InChI=1S/C27H18ClFN2O4S/c1-13-10-16-11-15(4-9-20(16)35-13)24(32)22-23(14-2-6-18(29)7-3-14)31(26(34)25(22)33)27-30-19-8-5-17(28)12-21(19)36-27/h2-9,11-13,23,32H,10H2,1H3/t13-,23-/m1/s1. The Balaban J connectivity index is 1.53. The van der Waals surface area contributed by atoms with E-state index in [-0.39, 0.29) is 22.6 Å². The molecule has 1 aromatic heterocycles. The fraction of sp³-hybridized carbons (Fsp3) is 0.148. The summed E-state index contributed by atoms with van der Waals surface area (Å²) in [6, 6.07) is 14.8. The maximum absolute atomic E-state index is 13.8. The lowest BCUT2D eigenvalue weighted by atomic mass is 9.94. The molecule has 36 heavy (non-hydrogen) atoms. The van der Waals surface area contributed by atoms with Crippen molar-refractivity contribution in [1.82, 2.24) is 4.98 Å². The largest absolute Gasteiger partial charge is 0.507 e. The zero-order valence-corrected chi connectivity index (χ0v) is 20.4. The molecule has 9 heteroatoms. The van der Waals surface area contributed by atoms with Crippen molar-refractivity contribution in [3.8, 4) is 5.75 Å². The normalized spacial score (nSPS) is 20.7. The van der Waals surface area contributed by atoms with Gasteiger partial charge in [-0.3, -0.25) is 14.5 Å². The number of nitrogens with zero attached hydrogens (tertiary/aromatic N) is 2. The van der Waals surface area contributed by atoms with Gasteiger partial charge in [-0.05, 0) is 66.6 Å². The predicted molar refractivity (Wildman–Crippen MR) is 136 cm³/mol.